The van der Waals surface area contributed by atoms with Crippen molar-refractivity contribution in [1.29, 1.82) is 0 Å². The number of benzene rings is 4. The molecule has 0 unspecified atom stereocenters. The molecule has 2 aliphatic heterocycles. The lowest BCUT2D eigenvalue weighted by Crippen LogP contribution is -2.46. The van der Waals surface area contributed by atoms with Crippen molar-refractivity contribution in [2.24, 2.45) is 0 Å². The summed E-state index contributed by atoms with van der Waals surface area (Å²) in [4.78, 5) is 60.8. The largest absolute Gasteiger partial charge is 0.481 e. The number of aromatic nitrogens is 4. The number of piperidine rings is 2. The maximum atomic E-state index is 13.7. The van der Waals surface area contributed by atoms with E-state index in [1.165, 1.54) is 18.7 Å². The van der Waals surface area contributed by atoms with E-state index < -0.39 is 41.4 Å². The van der Waals surface area contributed by atoms with Crippen LogP contribution in [0.5, 0.6) is 0 Å². The number of likely N-dealkylation sites (tertiary alicyclic amines) is 1. The first-order valence-electron chi connectivity index (χ1n) is 28.5. The van der Waals surface area contributed by atoms with Gasteiger partial charge in [0.25, 0.3) is 0 Å². The third kappa shape index (κ3) is 21.6. The molecule has 4 aromatic carbocycles. The standard InChI is InChI=1S/C31H40BrClN4O4.C16H22ClN3O.C15H20BrNO4/c1-31(2,3)41-30(39)34-24(18-21-11-13-23(32)14-12-21)19-27(38)36-15-6-8-22(20-36)29-35-26-10-5-9-25(33)28(26)37(29)16-7-17-40-4;1-21-10-4-9-20-15-13(17)6-2-7-14(15)19-16(20)12-5-3-8-18-11-12;1-15(2,3)21-14(20)17-12(9-13(18)19)8-10-4-6-11(16)7-5-10/h5,9-14,22,24H,6-8,15-20H2,1-4H3,(H,34,39);2,6-7,12,18H,3-5,8-11H2,1H3;4-7,12H,8-9H2,1-3H3,(H,17,20)(H,18,19)/t22-,24-;2*12-/m111/s1. The Morgan fingerprint density at radius 3 is 1.57 bits per heavy atom. The first-order chi connectivity index (χ1) is 39.5. The number of ether oxygens (including phenoxy) is 4. The van der Waals surface area contributed by atoms with Gasteiger partial charge in [0.15, 0.2) is 0 Å². The van der Waals surface area contributed by atoms with E-state index in [0.717, 1.165) is 111 Å². The molecule has 4 N–H and O–H groups in total. The summed E-state index contributed by atoms with van der Waals surface area (Å²) in [7, 11) is 3.44. The monoisotopic (exact) mass is 1310 g/mol. The van der Waals surface area contributed by atoms with Gasteiger partial charge in [0.05, 0.1) is 38.5 Å². The molecule has 0 bridgehead atoms. The van der Waals surface area contributed by atoms with Gasteiger partial charge in [-0.15, -0.1) is 0 Å². The molecule has 2 aromatic heterocycles. The summed E-state index contributed by atoms with van der Waals surface area (Å²) >= 11 is 19.8. The number of carbonyl (C=O) groups excluding carboxylic acids is 3. The summed E-state index contributed by atoms with van der Waals surface area (Å²) < 4.78 is 27.6. The Labute approximate surface area is 515 Å². The molecule has 6 aromatic rings. The number of carbonyl (C=O) groups is 4. The van der Waals surface area contributed by atoms with Crippen LogP contribution in [0, 0.1) is 0 Å². The second-order valence-electron chi connectivity index (χ2n) is 23.0. The zero-order valence-corrected chi connectivity index (χ0v) is 53.8. The number of fused-ring (bicyclic) bond motifs is 2. The number of aryl methyl sites for hydroxylation is 2. The van der Waals surface area contributed by atoms with Crippen LogP contribution < -0.4 is 16.0 Å². The minimum Gasteiger partial charge on any atom is -0.481 e. The molecule has 8 rings (SSSR count). The third-order valence-corrected chi connectivity index (χ3v) is 15.5. The van der Waals surface area contributed by atoms with E-state index >= 15 is 0 Å². The van der Waals surface area contributed by atoms with E-state index in [-0.39, 0.29) is 24.7 Å². The van der Waals surface area contributed by atoms with Gasteiger partial charge in [-0.25, -0.2) is 19.6 Å². The molecule has 17 nitrogen and oxygen atoms in total. The van der Waals surface area contributed by atoms with Crippen LogP contribution in [0.3, 0.4) is 0 Å². The zero-order valence-electron chi connectivity index (χ0n) is 49.1. The van der Waals surface area contributed by atoms with Crippen LogP contribution in [0.4, 0.5) is 9.59 Å². The molecule has 2 saturated heterocycles. The number of aliphatic carboxylic acids is 1. The third-order valence-electron chi connectivity index (χ3n) is 13.8. The molecule has 0 aliphatic carbocycles. The van der Waals surface area contributed by atoms with Gasteiger partial charge in [-0.1, -0.05) is 91.5 Å². The average Bonchev–Trinajstić information content (AvgIpc) is 3.97. The van der Waals surface area contributed by atoms with Crippen molar-refractivity contribution in [3.05, 3.63) is 127 Å². The Bertz CT molecular complexity index is 3050. The van der Waals surface area contributed by atoms with E-state index in [1.807, 2.05) is 111 Å². The van der Waals surface area contributed by atoms with Crippen LogP contribution in [0.15, 0.2) is 93.9 Å². The number of hydrogen-bond acceptors (Lipinski definition) is 11. The first-order valence-corrected chi connectivity index (χ1v) is 30.8. The number of amides is 3. The van der Waals surface area contributed by atoms with Crippen molar-refractivity contribution in [1.82, 2.24) is 40.0 Å². The number of nitrogens with one attached hydrogen (secondary N) is 3. The number of carboxylic acid groups (broad SMARTS) is 1. The summed E-state index contributed by atoms with van der Waals surface area (Å²) in [6.07, 6.45) is 5.86. The predicted octanol–water partition coefficient (Wildman–Crippen LogP) is 13.3. The van der Waals surface area contributed by atoms with Crippen molar-refractivity contribution in [3.8, 4) is 0 Å². The fourth-order valence-electron chi connectivity index (χ4n) is 10.3. The van der Waals surface area contributed by atoms with Crippen molar-refractivity contribution in [3.63, 3.8) is 0 Å². The van der Waals surface area contributed by atoms with E-state index in [4.69, 9.17) is 57.2 Å². The second-order valence-corrected chi connectivity index (χ2v) is 25.7. The van der Waals surface area contributed by atoms with Gasteiger partial charge in [0, 0.05) is 99.4 Å². The van der Waals surface area contributed by atoms with Gasteiger partial charge in [-0.05, 0) is 159 Å². The lowest BCUT2D eigenvalue weighted by atomic mass is 9.95. The molecule has 3 amide bonds. The van der Waals surface area contributed by atoms with Gasteiger partial charge >= 0.3 is 18.2 Å². The number of methoxy groups -OCH3 is 2. The summed E-state index contributed by atoms with van der Waals surface area (Å²) in [5.74, 6) is 1.73. The van der Waals surface area contributed by atoms with Crippen LogP contribution >= 0.6 is 55.1 Å². The molecule has 2 aliphatic rings. The Morgan fingerprint density at radius 1 is 0.675 bits per heavy atom. The van der Waals surface area contributed by atoms with Gasteiger partial charge < -0.3 is 54.0 Å². The Hall–Kier alpha value is -5.28. The summed E-state index contributed by atoms with van der Waals surface area (Å²) in [6.45, 7) is 17.2. The minimum atomic E-state index is -0.965. The lowest BCUT2D eigenvalue weighted by molar-refractivity contribution is -0.137. The van der Waals surface area contributed by atoms with Gasteiger partial charge in [0.1, 0.15) is 22.9 Å². The first kappa shape index (κ1) is 66.9. The van der Waals surface area contributed by atoms with Crippen molar-refractivity contribution in [2.75, 3.05) is 53.6 Å². The van der Waals surface area contributed by atoms with Crippen LogP contribution in [0.2, 0.25) is 10.0 Å². The molecule has 0 radical (unpaired) electrons. The van der Waals surface area contributed by atoms with E-state index in [9.17, 15) is 19.2 Å². The van der Waals surface area contributed by atoms with E-state index in [2.05, 4.69) is 56.9 Å². The molecular formula is C62H82Br2Cl2N8O9. The average molecular weight is 1310 g/mol. The van der Waals surface area contributed by atoms with Gasteiger partial charge in [-0.2, -0.15) is 0 Å². The SMILES string of the molecule is CC(C)(C)OC(=O)N[C@@H](CC(=O)O)Cc1ccc(Br)cc1.COCCCn1c([C@@H]2CCCN(C(=O)C[C@@H](Cc3ccc(Br)cc3)NC(=O)OC(C)(C)C)C2)nc2cccc(Cl)c21.COCCCn1c([C@@H]2CCCNC2)nc2cccc(Cl)c21. The number of nitrogens with zero attached hydrogens (tertiary/aromatic N) is 5. The highest BCUT2D eigenvalue weighted by atomic mass is 79.9. The van der Waals surface area contributed by atoms with Crippen LogP contribution in [0.25, 0.3) is 22.1 Å². The Kier molecular flexibility index (Phi) is 26.0. The van der Waals surface area contributed by atoms with Gasteiger partial charge in [0.2, 0.25) is 5.91 Å². The number of halogens is 4. The normalized spacial score (nSPS) is 16.2. The van der Waals surface area contributed by atoms with Crippen molar-refractivity contribution >= 4 is 101 Å². The topological polar surface area (TPSA) is 200 Å². The number of alkyl carbamates (subject to hydrolysis) is 2. The predicted molar refractivity (Wildman–Crippen MR) is 335 cm³/mol. The van der Waals surface area contributed by atoms with Gasteiger partial charge in [-0.3, -0.25) is 9.59 Å². The summed E-state index contributed by atoms with van der Waals surface area (Å²) in [5, 5.41) is 19.4. The molecule has 21 heteroatoms. The molecule has 0 saturated carbocycles. The van der Waals surface area contributed by atoms with E-state index in [1.54, 1.807) is 35.0 Å². The van der Waals surface area contributed by atoms with Crippen LogP contribution in [-0.4, -0.2) is 130 Å². The van der Waals surface area contributed by atoms with Crippen molar-refractivity contribution in [2.45, 2.75) is 154 Å². The molecule has 452 valence electrons. The molecule has 0 spiro atoms. The Morgan fingerprint density at radius 2 is 1.13 bits per heavy atom. The van der Waals surface area contributed by atoms with E-state index in [0.29, 0.717) is 43.5 Å². The molecule has 4 atom stereocenters. The fraction of sp³-hybridized carbons (Fsp3) is 0.516. The number of rotatable bonds is 20. The second kappa shape index (κ2) is 32.3. The Balaban J connectivity index is 0.000000221. The minimum absolute atomic E-state index is 0.00736. The maximum absolute atomic E-state index is 13.7. The highest BCUT2D eigenvalue weighted by molar-refractivity contribution is 9.10. The number of carboxylic acids is 1. The fourth-order valence-corrected chi connectivity index (χ4v) is 11.3. The molecular weight excluding hydrogens is 1230 g/mol. The van der Waals surface area contributed by atoms with Crippen molar-refractivity contribution < 1.29 is 43.2 Å². The highest BCUT2D eigenvalue weighted by Gasteiger charge is 2.32. The highest BCUT2D eigenvalue weighted by Crippen LogP contribution is 2.34. The lowest BCUT2D eigenvalue weighted by Gasteiger charge is -2.34. The number of imidazole rings is 2. The molecule has 83 heavy (non-hydrogen) atoms. The smallest absolute Gasteiger partial charge is 0.407 e. The quantitative estimate of drug-likeness (QED) is 0.0528. The summed E-state index contributed by atoms with van der Waals surface area (Å²) in [5.41, 5.74) is 4.59. The van der Waals surface area contributed by atoms with Crippen LogP contribution in [-0.2, 0) is 54.5 Å². The zero-order chi connectivity index (χ0) is 60.3. The summed E-state index contributed by atoms with van der Waals surface area (Å²) in [6, 6.07) is 26.3. The molecule has 4 heterocycles. The van der Waals surface area contributed by atoms with Crippen LogP contribution in [0.1, 0.15) is 128 Å². The number of para-hydroxylation sites is 2. The maximum Gasteiger partial charge on any atom is 0.407 e. The number of hydrogen-bond donors (Lipinski definition) is 4. The molecule has 2 fully saturated rings.